The van der Waals surface area contributed by atoms with Crippen LogP contribution in [0.2, 0.25) is 0 Å². The molecule has 1 aromatic heterocycles. The summed E-state index contributed by atoms with van der Waals surface area (Å²) in [6.45, 7) is 3.55. The first-order chi connectivity index (χ1) is 11.0. The Kier molecular flexibility index (Phi) is 4.01. The van der Waals surface area contributed by atoms with Crippen molar-refractivity contribution in [2.24, 2.45) is 7.05 Å². The number of carbonyl (C=O) groups excluding carboxylic acids is 2. The highest BCUT2D eigenvalue weighted by Crippen LogP contribution is 2.18. The molecular formula is C16H19N5O2. The Morgan fingerprint density at radius 1 is 1.39 bits per heavy atom. The van der Waals surface area contributed by atoms with Gasteiger partial charge in [0.15, 0.2) is 0 Å². The Balaban J connectivity index is 1.70. The third-order valence-electron chi connectivity index (χ3n) is 3.81. The number of nitrogens with one attached hydrogen (secondary N) is 2. The van der Waals surface area contributed by atoms with Crippen LogP contribution in [0, 0.1) is 6.92 Å². The molecule has 0 spiro atoms. The van der Waals surface area contributed by atoms with Gasteiger partial charge < -0.3 is 10.6 Å². The molecule has 0 atom stereocenters. The van der Waals surface area contributed by atoms with Crippen LogP contribution in [0.4, 0.5) is 10.5 Å². The lowest BCUT2D eigenvalue weighted by Gasteiger charge is -2.15. The summed E-state index contributed by atoms with van der Waals surface area (Å²) in [4.78, 5) is 25.7. The largest absolute Gasteiger partial charge is 0.346 e. The van der Waals surface area contributed by atoms with Crippen molar-refractivity contribution in [3.8, 4) is 0 Å². The summed E-state index contributed by atoms with van der Waals surface area (Å²) in [5, 5.41) is 9.88. The van der Waals surface area contributed by atoms with Gasteiger partial charge >= 0.3 is 6.03 Å². The zero-order valence-electron chi connectivity index (χ0n) is 13.2. The number of hydrogen-bond acceptors (Lipinski definition) is 3. The highest BCUT2D eigenvalue weighted by atomic mass is 16.2. The van der Waals surface area contributed by atoms with E-state index in [-0.39, 0.29) is 11.9 Å². The van der Waals surface area contributed by atoms with E-state index in [2.05, 4.69) is 15.7 Å². The van der Waals surface area contributed by atoms with Gasteiger partial charge in [0.25, 0.3) is 5.91 Å². The van der Waals surface area contributed by atoms with Crippen molar-refractivity contribution in [2.75, 3.05) is 18.0 Å². The molecule has 3 amide bonds. The Morgan fingerprint density at radius 3 is 2.87 bits per heavy atom. The molecule has 1 fully saturated rings. The van der Waals surface area contributed by atoms with Crippen LogP contribution >= 0.6 is 0 Å². The second kappa shape index (κ2) is 6.12. The van der Waals surface area contributed by atoms with Gasteiger partial charge in [-0.2, -0.15) is 5.10 Å². The van der Waals surface area contributed by atoms with Gasteiger partial charge in [-0.15, -0.1) is 0 Å². The van der Waals surface area contributed by atoms with Crippen LogP contribution in [0.3, 0.4) is 0 Å². The van der Waals surface area contributed by atoms with Gasteiger partial charge in [-0.25, -0.2) is 4.79 Å². The number of benzene rings is 1. The quantitative estimate of drug-likeness (QED) is 0.890. The van der Waals surface area contributed by atoms with Crippen molar-refractivity contribution in [1.82, 2.24) is 20.4 Å². The lowest BCUT2D eigenvalue weighted by molar-refractivity contribution is 0.0950. The van der Waals surface area contributed by atoms with E-state index in [1.165, 1.54) is 0 Å². The summed E-state index contributed by atoms with van der Waals surface area (Å²) in [7, 11) is 1.85. The van der Waals surface area contributed by atoms with Crippen molar-refractivity contribution in [2.45, 2.75) is 13.5 Å². The van der Waals surface area contributed by atoms with Gasteiger partial charge in [-0.3, -0.25) is 14.4 Å². The van der Waals surface area contributed by atoms with Crippen molar-refractivity contribution < 1.29 is 9.59 Å². The van der Waals surface area contributed by atoms with E-state index in [9.17, 15) is 9.59 Å². The zero-order chi connectivity index (χ0) is 16.4. The highest BCUT2D eigenvalue weighted by Gasteiger charge is 2.21. The second-order valence-corrected chi connectivity index (χ2v) is 5.52. The number of amides is 3. The molecule has 7 nitrogen and oxygen atoms in total. The smallest absolute Gasteiger partial charge is 0.321 e. The Labute approximate surface area is 134 Å². The van der Waals surface area contributed by atoms with Gasteiger partial charge in [0, 0.05) is 31.4 Å². The summed E-state index contributed by atoms with van der Waals surface area (Å²) in [6.07, 6.45) is 0. The molecule has 1 aliphatic rings. The monoisotopic (exact) mass is 313 g/mol. The molecule has 2 aromatic rings. The fourth-order valence-electron chi connectivity index (χ4n) is 2.64. The maximum atomic E-state index is 12.3. The molecule has 0 bridgehead atoms. The number of anilines is 1. The van der Waals surface area contributed by atoms with Crippen molar-refractivity contribution in [3.63, 3.8) is 0 Å². The van der Waals surface area contributed by atoms with E-state index in [0.29, 0.717) is 25.2 Å². The number of urea groups is 1. The average molecular weight is 313 g/mol. The maximum absolute atomic E-state index is 12.3. The molecule has 2 N–H and O–H groups in total. The average Bonchev–Trinajstić information content (AvgIpc) is 3.10. The molecule has 0 radical (unpaired) electrons. The number of nitrogens with zero attached hydrogens (tertiary/aromatic N) is 3. The molecule has 7 heteroatoms. The van der Waals surface area contributed by atoms with E-state index in [0.717, 1.165) is 17.1 Å². The van der Waals surface area contributed by atoms with Gasteiger partial charge in [-0.05, 0) is 31.2 Å². The Hall–Kier alpha value is -2.83. The van der Waals surface area contributed by atoms with E-state index in [1.807, 2.05) is 26.1 Å². The number of hydrogen-bond donors (Lipinski definition) is 2. The molecular weight excluding hydrogens is 294 g/mol. The molecule has 120 valence electrons. The lowest BCUT2D eigenvalue weighted by atomic mass is 10.1. The fraction of sp³-hybridized carbons (Fsp3) is 0.312. The molecule has 1 aliphatic heterocycles. The molecule has 3 rings (SSSR count). The Morgan fingerprint density at radius 2 is 2.22 bits per heavy atom. The third kappa shape index (κ3) is 3.18. The van der Waals surface area contributed by atoms with Crippen LogP contribution in [0.25, 0.3) is 0 Å². The first kappa shape index (κ1) is 15.1. The number of carbonyl (C=O) groups is 2. The lowest BCUT2D eigenvalue weighted by Crippen LogP contribution is -2.28. The zero-order valence-corrected chi connectivity index (χ0v) is 13.2. The molecule has 2 heterocycles. The molecule has 1 saturated heterocycles. The van der Waals surface area contributed by atoms with Crippen LogP contribution < -0.4 is 15.5 Å². The van der Waals surface area contributed by atoms with Gasteiger partial charge in [0.1, 0.15) is 0 Å². The maximum Gasteiger partial charge on any atom is 0.321 e. The topological polar surface area (TPSA) is 79.3 Å². The van der Waals surface area contributed by atoms with Crippen molar-refractivity contribution >= 4 is 17.6 Å². The predicted molar refractivity (Wildman–Crippen MR) is 86.3 cm³/mol. The minimum absolute atomic E-state index is 0.132. The second-order valence-electron chi connectivity index (χ2n) is 5.52. The van der Waals surface area contributed by atoms with Gasteiger partial charge in [0.2, 0.25) is 0 Å². The predicted octanol–water partition coefficient (Wildman–Crippen LogP) is 1.19. The standard InChI is InChI=1S/C16H19N5O2/c1-11-8-14(20(2)19-11)10-18-15(22)12-4-3-5-13(9-12)21-7-6-17-16(21)23/h3-5,8-9H,6-7,10H2,1-2H3,(H,17,23)(H,18,22). The van der Waals surface area contributed by atoms with Gasteiger partial charge in [0.05, 0.1) is 17.9 Å². The van der Waals surface area contributed by atoms with Crippen molar-refractivity contribution in [1.29, 1.82) is 0 Å². The van der Waals surface area contributed by atoms with Gasteiger partial charge in [-0.1, -0.05) is 6.07 Å². The normalized spacial score (nSPS) is 14.0. The minimum atomic E-state index is -0.176. The van der Waals surface area contributed by atoms with E-state index in [1.54, 1.807) is 27.8 Å². The van der Waals surface area contributed by atoms with Crippen LogP contribution in [0.15, 0.2) is 30.3 Å². The Bertz CT molecular complexity index is 753. The molecule has 23 heavy (non-hydrogen) atoms. The summed E-state index contributed by atoms with van der Waals surface area (Å²) < 4.78 is 1.75. The van der Waals surface area contributed by atoms with E-state index < -0.39 is 0 Å². The van der Waals surface area contributed by atoms with Crippen molar-refractivity contribution in [3.05, 3.63) is 47.3 Å². The third-order valence-corrected chi connectivity index (χ3v) is 3.81. The van der Waals surface area contributed by atoms with E-state index in [4.69, 9.17) is 0 Å². The molecule has 1 aromatic carbocycles. The SMILES string of the molecule is Cc1cc(CNC(=O)c2cccc(N3CCNC3=O)c2)n(C)n1. The molecule has 0 aliphatic carbocycles. The van der Waals surface area contributed by atoms with Crippen LogP contribution in [-0.4, -0.2) is 34.8 Å². The molecule has 0 saturated carbocycles. The minimum Gasteiger partial charge on any atom is -0.346 e. The first-order valence-corrected chi connectivity index (χ1v) is 7.48. The summed E-state index contributed by atoms with van der Waals surface area (Å²) in [5.74, 6) is -0.176. The first-order valence-electron chi connectivity index (χ1n) is 7.48. The summed E-state index contributed by atoms with van der Waals surface area (Å²) >= 11 is 0. The van der Waals surface area contributed by atoms with Crippen LogP contribution in [-0.2, 0) is 13.6 Å². The van der Waals surface area contributed by atoms with Crippen LogP contribution in [0.5, 0.6) is 0 Å². The number of aryl methyl sites for hydroxylation is 2. The van der Waals surface area contributed by atoms with E-state index >= 15 is 0 Å². The molecule has 0 unspecified atom stereocenters. The number of rotatable bonds is 4. The number of aromatic nitrogens is 2. The fourth-order valence-corrected chi connectivity index (χ4v) is 2.64. The highest BCUT2D eigenvalue weighted by molar-refractivity contribution is 5.98. The van der Waals surface area contributed by atoms with Crippen LogP contribution in [0.1, 0.15) is 21.7 Å². The summed E-state index contributed by atoms with van der Waals surface area (Å²) in [6, 6.07) is 8.88. The summed E-state index contributed by atoms with van der Waals surface area (Å²) in [5.41, 5.74) is 3.11.